The maximum Gasteiger partial charge on any atom is 0.150 e. The lowest BCUT2D eigenvalue weighted by Crippen LogP contribution is -2.25. The average Bonchev–Trinajstić information content (AvgIpc) is 2.67. The summed E-state index contributed by atoms with van der Waals surface area (Å²) in [4.78, 5) is 4.00. The van der Waals surface area contributed by atoms with E-state index in [9.17, 15) is 8.42 Å². The molecule has 1 aromatic heterocycles. The molecule has 1 fully saturated rings. The van der Waals surface area contributed by atoms with E-state index in [-0.39, 0.29) is 11.8 Å². The molecule has 0 aromatic carbocycles. The Balaban J connectivity index is 2.19. The molecule has 0 saturated carbocycles. The maximum atomic E-state index is 11.5. The number of hydrogen-bond acceptors (Lipinski definition) is 4. The molecule has 4 nitrogen and oxygen atoms in total. The molecule has 1 saturated heterocycles. The average molecular weight is 254 g/mol. The van der Waals surface area contributed by atoms with E-state index in [0.717, 1.165) is 13.0 Å². The summed E-state index contributed by atoms with van der Waals surface area (Å²) in [7, 11) is -0.910. The first kappa shape index (κ1) is 12.5. The number of nitrogens with zero attached hydrogens (tertiary/aromatic N) is 1. The molecule has 1 N–H and O–H groups in total. The Bertz CT molecular complexity index is 459. The van der Waals surface area contributed by atoms with E-state index < -0.39 is 9.84 Å². The topological polar surface area (TPSA) is 59.1 Å². The van der Waals surface area contributed by atoms with Crippen LogP contribution in [0.5, 0.6) is 0 Å². The Morgan fingerprint density at radius 3 is 2.71 bits per heavy atom. The lowest BCUT2D eigenvalue weighted by molar-refractivity contribution is 0.451. The van der Waals surface area contributed by atoms with Crippen molar-refractivity contribution in [1.29, 1.82) is 0 Å². The van der Waals surface area contributed by atoms with Crippen molar-refractivity contribution in [2.24, 2.45) is 5.92 Å². The van der Waals surface area contributed by atoms with Crippen LogP contribution < -0.4 is 5.32 Å². The van der Waals surface area contributed by atoms with Gasteiger partial charge < -0.3 is 5.32 Å². The first-order valence-corrected chi connectivity index (χ1v) is 7.69. The van der Waals surface area contributed by atoms with Gasteiger partial charge >= 0.3 is 0 Å². The van der Waals surface area contributed by atoms with Gasteiger partial charge in [-0.2, -0.15) is 0 Å². The normalized spacial score (nSPS) is 24.6. The van der Waals surface area contributed by atoms with Crippen LogP contribution in [0.2, 0.25) is 0 Å². The van der Waals surface area contributed by atoms with Gasteiger partial charge in [0.1, 0.15) is 0 Å². The highest BCUT2D eigenvalue weighted by molar-refractivity contribution is 7.91. The Morgan fingerprint density at radius 1 is 1.47 bits per heavy atom. The van der Waals surface area contributed by atoms with Crippen LogP contribution in [0.15, 0.2) is 24.5 Å². The zero-order valence-electron chi connectivity index (χ0n) is 9.96. The van der Waals surface area contributed by atoms with E-state index in [1.165, 1.54) is 5.56 Å². The molecular weight excluding hydrogens is 236 g/mol. The number of likely N-dealkylation sites (N-methyl/N-ethyl adjacent to an activating group) is 1. The van der Waals surface area contributed by atoms with Gasteiger partial charge in [-0.3, -0.25) is 4.98 Å². The summed E-state index contributed by atoms with van der Waals surface area (Å²) >= 11 is 0. The fourth-order valence-corrected chi connectivity index (χ4v) is 4.41. The van der Waals surface area contributed by atoms with Crippen molar-refractivity contribution in [3.8, 4) is 0 Å². The van der Waals surface area contributed by atoms with E-state index in [2.05, 4.69) is 10.3 Å². The third kappa shape index (κ3) is 3.04. The van der Waals surface area contributed by atoms with Crippen molar-refractivity contribution in [3.63, 3.8) is 0 Å². The summed E-state index contributed by atoms with van der Waals surface area (Å²) in [5.41, 5.74) is 1.18. The predicted octanol–water partition coefficient (Wildman–Crippen LogP) is 0.819. The number of hydrogen-bond donors (Lipinski definition) is 1. The highest BCUT2D eigenvalue weighted by atomic mass is 32.2. The molecule has 5 heteroatoms. The SMILES string of the molecule is CNCC(c1ccncc1)C1CCS(=O)(=O)C1. The molecule has 2 heterocycles. The summed E-state index contributed by atoms with van der Waals surface area (Å²) in [5.74, 6) is 1.15. The highest BCUT2D eigenvalue weighted by Crippen LogP contribution is 2.32. The summed E-state index contributed by atoms with van der Waals surface area (Å²) in [6, 6.07) is 3.96. The molecule has 0 radical (unpaired) electrons. The van der Waals surface area contributed by atoms with E-state index >= 15 is 0 Å². The first-order valence-electron chi connectivity index (χ1n) is 5.87. The number of nitrogens with one attached hydrogen (secondary N) is 1. The first-order chi connectivity index (χ1) is 8.12. The fourth-order valence-electron chi connectivity index (χ4n) is 2.53. The van der Waals surface area contributed by atoms with Gasteiger partial charge in [-0.15, -0.1) is 0 Å². The molecule has 0 amide bonds. The largest absolute Gasteiger partial charge is 0.319 e. The second kappa shape index (κ2) is 5.14. The zero-order chi connectivity index (χ0) is 12.3. The molecule has 94 valence electrons. The third-order valence-corrected chi connectivity index (χ3v) is 5.19. The van der Waals surface area contributed by atoms with Gasteiger partial charge in [0, 0.05) is 24.9 Å². The number of rotatable bonds is 4. The molecule has 0 spiro atoms. The minimum Gasteiger partial charge on any atom is -0.319 e. The van der Waals surface area contributed by atoms with Gasteiger partial charge in [0.15, 0.2) is 9.84 Å². The molecule has 1 aliphatic rings. The molecule has 17 heavy (non-hydrogen) atoms. The summed E-state index contributed by atoms with van der Waals surface area (Å²) < 4.78 is 23.1. The summed E-state index contributed by atoms with van der Waals surface area (Å²) in [6.45, 7) is 0.810. The van der Waals surface area contributed by atoms with Gasteiger partial charge in [-0.05, 0) is 37.1 Å². The molecule has 1 aromatic rings. The van der Waals surface area contributed by atoms with Crippen LogP contribution in [-0.4, -0.2) is 38.5 Å². The van der Waals surface area contributed by atoms with Gasteiger partial charge in [0.2, 0.25) is 0 Å². The van der Waals surface area contributed by atoms with Crippen LogP contribution in [0.3, 0.4) is 0 Å². The van der Waals surface area contributed by atoms with Crippen molar-refractivity contribution in [1.82, 2.24) is 10.3 Å². The predicted molar refractivity (Wildman–Crippen MR) is 67.7 cm³/mol. The van der Waals surface area contributed by atoms with Crippen LogP contribution in [0, 0.1) is 5.92 Å². The minimum atomic E-state index is -2.81. The Morgan fingerprint density at radius 2 is 2.18 bits per heavy atom. The maximum absolute atomic E-state index is 11.5. The molecule has 0 bridgehead atoms. The Labute approximate surface area is 102 Å². The van der Waals surface area contributed by atoms with Gasteiger partial charge in [-0.25, -0.2) is 8.42 Å². The third-order valence-electron chi connectivity index (χ3n) is 3.39. The minimum absolute atomic E-state index is 0.231. The second-order valence-corrected chi connectivity index (χ2v) is 6.84. The van der Waals surface area contributed by atoms with Crippen molar-refractivity contribution >= 4 is 9.84 Å². The van der Waals surface area contributed by atoms with E-state index in [0.29, 0.717) is 11.5 Å². The van der Waals surface area contributed by atoms with Gasteiger partial charge in [-0.1, -0.05) is 0 Å². The number of aromatic nitrogens is 1. The molecule has 1 aliphatic heterocycles. The van der Waals surface area contributed by atoms with Gasteiger partial charge in [0.25, 0.3) is 0 Å². The fraction of sp³-hybridized carbons (Fsp3) is 0.583. The molecule has 0 aliphatic carbocycles. The number of pyridine rings is 1. The standard InChI is InChI=1S/C12H18N2O2S/c1-13-8-12(10-2-5-14-6-3-10)11-4-7-17(15,16)9-11/h2-3,5-6,11-13H,4,7-9H2,1H3. The van der Waals surface area contributed by atoms with Crippen molar-refractivity contribution < 1.29 is 8.42 Å². The Hall–Kier alpha value is -0.940. The summed E-state index contributed by atoms with van der Waals surface area (Å²) in [5, 5.41) is 3.16. The van der Waals surface area contributed by atoms with Crippen LogP contribution in [0.4, 0.5) is 0 Å². The van der Waals surface area contributed by atoms with Crippen LogP contribution in [0.1, 0.15) is 17.9 Å². The van der Waals surface area contributed by atoms with Crippen molar-refractivity contribution in [3.05, 3.63) is 30.1 Å². The van der Waals surface area contributed by atoms with Gasteiger partial charge in [0.05, 0.1) is 11.5 Å². The Kier molecular flexibility index (Phi) is 3.79. The van der Waals surface area contributed by atoms with Crippen LogP contribution >= 0.6 is 0 Å². The lowest BCUT2D eigenvalue weighted by atomic mass is 9.86. The van der Waals surface area contributed by atoms with Crippen molar-refractivity contribution in [2.45, 2.75) is 12.3 Å². The summed E-state index contributed by atoms with van der Waals surface area (Å²) in [6.07, 6.45) is 4.31. The molecule has 2 rings (SSSR count). The van der Waals surface area contributed by atoms with Crippen molar-refractivity contribution in [2.75, 3.05) is 25.1 Å². The highest BCUT2D eigenvalue weighted by Gasteiger charge is 2.33. The molecule has 2 atom stereocenters. The quantitative estimate of drug-likeness (QED) is 0.864. The molecule has 2 unspecified atom stereocenters. The second-order valence-electron chi connectivity index (χ2n) is 4.61. The smallest absolute Gasteiger partial charge is 0.150 e. The van der Waals surface area contributed by atoms with Crippen LogP contribution in [0.25, 0.3) is 0 Å². The molecular formula is C12H18N2O2S. The monoisotopic (exact) mass is 254 g/mol. The van der Waals surface area contributed by atoms with Crippen LogP contribution in [-0.2, 0) is 9.84 Å². The number of sulfone groups is 1. The zero-order valence-corrected chi connectivity index (χ0v) is 10.8. The lowest BCUT2D eigenvalue weighted by Gasteiger charge is -2.22. The van der Waals surface area contributed by atoms with E-state index in [4.69, 9.17) is 0 Å². The van der Waals surface area contributed by atoms with E-state index in [1.807, 2.05) is 19.2 Å². The van der Waals surface area contributed by atoms with E-state index in [1.54, 1.807) is 12.4 Å².